The van der Waals surface area contributed by atoms with E-state index in [2.05, 4.69) is 21.6 Å². The van der Waals surface area contributed by atoms with Gasteiger partial charge in [0.25, 0.3) is 5.91 Å². The molecule has 2 fully saturated rings. The molecule has 0 aromatic heterocycles. The molecule has 5 heteroatoms. The maximum atomic E-state index is 14.0. The van der Waals surface area contributed by atoms with Gasteiger partial charge in [0.1, 0.15) is 5.82 Å². The Morgan fingerprint density at radius 3 is 2.64 bits per heavy atom. The van der Waals surface area contributed by atoms with E-state index in [1.807, 2.05) is 30.3 Å². The van der Waals surface area contributed by atoms with E-state index in [1.54, 1.807) is 6.07 Å². The second-order valence-corrected chi connectivity index (χ2v) is 7.85. The van der Waals surface area contributed by atoms with Gasteiger partial charge in [-0.25, -0.2) is 4.39 Å². The average Bonchev–Trinajstić information content (AvgIpc) is 2.75. The Hall–Kier alpha value is -2.40. The summed E-state index contributed by atoms with van der Waals surface area (Å²) in [5.74, 6) is 0.305. The summed E-state index contributed by atoms with van der Waals surface area (Å²) < 4.78 is 14.0. The number of halogens is 1. The van der Waals surface area contributed by atoms with Crippen LogP contribution in [0.25, 0.3) is 0 Å². The third-order valence-electron chi connectivity index (χ3n) is 5.94. The lowest BCUT2D eigenvalue weighted by Gasteiger charge is -2.34. The van der Waals surface area contributed by atoms with E-state index in [4.69, 9.17) is 0 Å². The van der Waals surface area contributed by atoms with Gasteiger partial charge in [0.2, 0.25) is 0 Å². The van der Waals surface area contributed by atoms with Crippen LogP contribution >= 0.6 is 0 Å². The second-order valence-electron chi connectivity index (χ2n) is 7.85. The summed E-state index contributed by atoms with van der Waals surface area (Å²) in [4.78, 5) is 14.8. The van der Waals surface area contributed by atoms with Crippen molar-refractivity contribution in [2.75, 3.05) is 31.1 Å². The zero-order chi connectivity index (χ0) is 19.3. The molecule has 2 aliphatic heterocycles. The van der Waals surface area contributed by atoms with E-state index in [1.165, 1.54) is 24.5 Å². The van der Waals surface area contributed by atoms with Crippen LogP contribution < -0.4 is 15.5 Å². The Balaban J connectivity index is 1.34. The van der Waals surface area contributed by atoms with Crippen LogP contribution in [0.5, 0.6) is 0 Å². The lowest BCUT2D eigenvalue weighted by Crippen LogP contribution is -2.45. The number of piperidine rings is 2. The largest absolute Gasteiger partial charge is 0.369 e. The van der Waals surface area contributed by atoms with Crippen molar-refractivity contribution in [2.24, 2.45) is 0 Å². The van der Waals surface area contributed by atoms with E-state index in [9.17, 15) is 9.18 Å². The molecule has 0 saturated carbocycles. The van der Waals surface area contributed by atoms with Crippen molar-refractivity contribution in [1.82, 2.24) is 10.6 Å². The third kappa shape index (κ3) is 4.36. The van der Waals surface area contributed by atoms with Gasteiger partial charge in [-0.3, -0.25) is 4.79 Å². The number of hydrogen-bond donors (Lipinski definition) is 2. The van der Waals surface area contributed by atoms with E-state index in [-0.39, 0.29) is 17.8 Å². The van der Waals surface area contributed by atoms with E-state index in [0.29, 0.717) is 11.6 Å². The SMILES string of the molecule is O=C(NC1CCN(c2ccccc2F)CC1)c1cccc([C@@H]2CCCNC2)c1. The first-order valence-electron chi connectivity index (χ1n) is 10.3. The topological polar surface area (TPSA) is 44.4 Å². The molecule has 4 rings (SSSR count). The fourth-order valence-corrected chi connectivity index (χ4v) is 4.31. The quantitative estimate of drug-likeness (QED) is 0.849. The predicted molar refractivity (Wildman–Crippen MR) is 110 cm³/mol. The molecule has 0 spiro atoms. The molecule has 28 heavy (non-hydrogen) atoms. The minimum absolute atomic E-state index is 0.00467. The molecule has 2 aromatic carbocycles. The smallest absolute Gasteiger partial charge is 0.251 e. The highest BCUT2D eigenvalue weighted by molar-refractivity contribution is 5.94. The van der Waals surface area contributed by atoms with Crippen LogP contribution in [0.15, 0.2) is 48.5 Å². The van der Waals surface area contributed by atoms with Crippen LogP contribution in [0, 0.1) is 5.82 Å². The summed E-state index contributed by atoms with van der Waals surface area (Å²) >= 11 is 0. The summed E-state index contributed by atoms with van der Waals surface area (Å²) in [6.07, 6.45) is 4.01. The van der Waals surface area contributed by atoms with Gasteiger partial charge in [-0.1, -0.05) is 24.3 Å². The highest BCUT2D eigenvalue weighted by atomic mass is 19.1. The fraction of sp³-hybridized carbons (Fsp3) is 0.435. The maximum absolute atomic E-state index is 14.0. The van der Waals surface area contributed by atoms with Crippen molar-refractivity contribution >= 4 is 11.6 Å². The first-order chi connectivity index (χ1) is 13.7. The average molecular weight is 381 g/mol. The molecule has 0 radical (unpaired) electrons. The first kappa shape index (κ1) is 18.9. The normalized spacial score (nSPS) is 20.8. The van der Waals surface area contributed by atoms with Crippen molar-refractivity contribution in [3.8, 4) is 0 Å². The molecule has 2 aliphatic rings. The number of nitrogens with zero attached hydrogens (tertiary/aromatic N) is 1. The molecular formula is C23H28FN3O. The van der Waals surface area contributed by atoms with Gasteiger partial charge in [-0.2, -0.15) is 0 Å². The molecule has 0 aliphatic carbocycles. The van der Waals surface area contributed by atoms with Crippen molar-refractivity contribution in [1.29, 1.82) is 0 Å². The molecule has 2 N–H and O–H groups in total. The summed E-state index contributed by atoms with van der Waals surface area (Å²) in [5, 5.41) is 6.61. The standard InChI is InChI=1S/C23H28FN3O/c24-21-8-1-2-9-22(21)27-13-10-20(11-14-27)26-23(28)18-6-3-5-17(15-18)19-7-4-12-25-16-19/h1-3,5-6,8-9,15,19-20,25H,4,7,10-14,16H2,(H,26,28)/t19-/m1/s1. The van der Waals surface area contributed by atoms with Gasteiger partial charge in [0.05, 0.1) is 5.69 Å². The highest BCUT2D eigenvalue weighted by Crippen LogP contribution is 2.25. The van der Waals surface area contributed by atoms with Gasteiger partial charge < -0.3 is 15.5 Å². The lowest BCUT2D eigenvalue weighted by molar-refractivity contribution is 0.0931. The molecule has 2 heterocycles. The minimum Gasteiger partial charge on any atom is -0.369 e. The molecule has 1 amide bonds. The van der Waals surface area contributed by atoms with Crippen LogP contribution in [-0.2, 0) is 0 Å². The molecular weight excluding hydrogens is 353 g/mol. The van der Waals surface area contributed by atoms with Crippen molar-refractivity contribution in [3.63, 3.8) is 0 Å². The monoisotopic (exact) mass is 381 g/mol. The Morgan fingerprint density at radius 2 is 1.89 bits per heavy atom. The Bertz CT molecular complexity index is 811. The van der Waals surface area contributed by atoms with Gasteiger partial charge in [-0.05, 0) is 68.0 Å². The molecule has 2 saturated heterocycles. The van der Waals surface area contributed by atoms with E-state index in [0.717, 1.165) is 44.6 Å². The van der Waals surface area contributed by atoms with Crippen molar-refractivity contribution in [3.05, 3.63) is 65.5 Å². The van der Waals surface area contributed by atoms with Crippen LogP contribution in [0.3, 0.4) is 0 Å². The molecule has 0 bridgehead atoms. The molecule has 148 valence electrons. The number of carbonyl (C=O) groups is 1. The zero-order valence-electron chi connectivity index (χ0n) is 16.2. The Kier molecular flexibility index (Phi) is 5.91. The number of amides is 1. The lowest BCUT2D eigenvalue weighted by atomic mass is 9.90. The summed E-state index contributed by atoms with van der Waals surface area (Å²) in [6, 6.07) is 15.1. The van der Waals surface area contributed by atoms with Gasteiger partial charge in [-0.15, -0.1) is 0 Å². The Labute approximate surface area is 166 Å². The van der Waals surface area contributed by atoms with Crippen LogP contribution in [0.4, 0.5) is 10.1 Å². The molecule has 1 atom stereocenters. The number of carbonyl (C=O) groups excluding carboxylic acids is 1. The number of rotatable bonds is 4. The summed E-state index contributed by atoms with van der Waals surface area (Å²) in [5.41, 5.74) is 2.63. The second kappa shape index (κ2) is 8.74. The van der Waals surface area contributed by atoms with E-state index < -0.39 is 0 Å². The van der Waals surface area contributed by atoms with Crippen LogP contribution in [-0.4, -0.2) is 38.1 Å². The van der Waals surface area contributed by atoms with Crippen molar-refractivity contribution in [2.45, 2.75) is 37.6 Å². The number of nitrogens with one attached hydrogen (secondary N) is 2. The summed E-state index contributed by atoms with van der Waals surface area (Å²) in [6.45, 7) is 3.57. The van der Waals surface area contributed by atoms with Gasteiger partial charge in [0, 0.05) is 31.2 Å². The number of benzene rings is 2. The predicted octanol–water partition coefficient (Wildman–Crippen LogP) is 3.69. The Morgan fingerprint density at radius 1 is 1.07 bits per heavy atom. The first-order valence-corrected chi connectivity index (χ1v) is 10.3. The number of anilines is 1. The molecule has 0 unspecified atom stereocenters. The fourth-order valence-electron chi connectivity index (χ4n) is 4.31. The number of para-hydroxylation sites is 1. The summed E-state index contributed by atoms with van der Waals surface area (Å²) in [7, 11) is 0. The maximum Gasteiger partial charge on any atom is 0.251 e. The van der Waals surface area contributed by atoms with E-state index >= 15 is 0 Å². The molecule has 2 aromatic rings. The van der Waals surface area contributed by atoms with Crippen LogP contribution in [0.1, 0.15) is 47.5 Å². The van der Waals surface area contributed by atoms with Crippen molar-refractivity contribution < 1.29 is 9.18 Å². The minimum atomic E-state index is -0.181. The van der Waals surface area contributed by atoms with Gasteiger partial charge >= 0.3 is 0 Å². The van der Waals surface area contributed by atoms with Gasteiger partial charge in [0.15, 0.2) is 0 Å². The van der Waals surface area contributed by atoms with Crippen LogP contribution in [0.2, 0.25) is 0 Å². The highest BCUT2D eigenvalue weighted by Gasteiger charge is 2.23. The zero-order valence-corrected chi connectivity index (χ0v) is 16.2. The molecule has 4 nitrogen and oxygen atoms in total. The number of hydrogen-bond acceptors (Lipinski definition) is 3. The third-order valence-corrected chi connectivity index (χ3v) is 5.94.